The summed E-state index contributed by atoms with van der Waals surface area (Å²) in [5.41, 5.74) is -3.71. The van der Waals surface area contributed by atoms with Gasteiger partial charge in [-0.1, -0.05) is 6.58 Å². The van der Waals surface area contributed by atoms with Crippen molar-refractivity contribution in [1.82, 2.24) is 0 Å². The zero-order valence-electron chi connectivity index (χ0n) is 13.8. The van der Waals surface area contributed by atoms with Crippen molar-refractivity contribution in [2.75, 3.05) is 0 Å². The number of halogens is 9. The molecule has 0 atom stereocenters. The summed E-state index contributed by atoms with van der Waals surface area (Å²) in [5, 5.41) is 0. The van der Waals surface area contributed by atoms with Crippen molar-refractivity contribution in [2.24, 2.45) is 0 Å². The molecule has 0 bridgehead atoms. The second-order valence-electron chi connectivity index (χ2n) is 5.45. The van der Waals surface area contributed by atoms with Crippen LogP contribution in [0, 0.1) is 29.1 Å². The number of hydrogen-bond donors (Lipinski definition) is 0. The fourth-order valence-corrected chi connectivity index (χ4v) is 2.33. The topological polar surface area (TPSA) is 9.23 Å². The summed E-state index contributed by atoms with van der Waals surface area (Å²) in [7, 11) is 0. The second-order valence-corrected chi connectivity index (χ2v) is 5.45. The van der Waals surface area contributed by atoms with Crippen molar-refractivity contribution in [2.45, 2.75) is 13.0 Å². The molecule has 0 spiro atoms. The molecule has 28 heavy (non-hydrogen) atoms. The zero-order chi connectivity index (χ0) is 21.4. The summed E-state index contributed by atoms with van der Waals surface area (Å²) in [4.78, 5) is 0. The Morgan fingerprint density at radius 2 is 1.32 bits per heavy atom. The monoisotopic (exact) mass is 412 g/mol. The Kier molecular flexibility index (Phi) is 5.81. The molecular formula is C18H9F9O. The third-order valence-corrected chi connectivity index (χ3v) is 3.44. The van der Waals surface area contributed by atoms with E-state index >= 15 is 0 Å². The predicted octanol–water partition coefficient (Wildman–Crippen LogP) is 6.69. The molecule has 0 aliphatic heterocycles. The molecule has 2 rings (SSSR count). The highest BCUT2D eigenvalue weighted by molar-refractivity contribution is 5.77. The summed E-state index contributed by atoms with van der Waals surface area (Å²) < 4.78 is 126. The van der Waals surface area contributed by atoms with Crippen LogP contribution in [-0.4, -0.2) is 0 Å². The normalized spacial score (nSPS) is 12.6. The van der Waals surface area contributed by atoms with Gasteiger partial charge >= 0.3 is 6.11 Å². The predicted molar refractivity (Wildman–Crippen MR) is 81.1 cm³/mol. The maximum atomic E-state index is 14.2. The van der Waals surface area contributed by atoms with Crippen LogP contribution in [0.5, 0.6) is 5.75 Å². The van der Waals surface area contributed by atoms with E-state index in [0.717, 1.165) is 6.92 Å². The largest absolute Gasteiger partial charge is 0.432 e. The molecule has 0 aliphatic carbocycles. The third kappa shape index (κ3) is 4.15. The molecule has 10 heteroatoms. The summed E-state index contributed by atoms with van der Waals surface area (Å²) in [6.07, 6.45) is -4.81. The molecule has 0 unspecified atom stereocenters. The molecule has 0 radical (unpaired) electrons. The number of alkyl halides is 2. The third-order valence-electron chi connectivity index (χ3n) is 3.44. The van der Waals surface area contributed by atoms with E-state index in [9.17, 15) is 39.5 Å². The molecule has 0 saturated carbocycles. The number of allylic oxidation sites excluding steroid dienone is 3. The number of hydrogen-bond acceptors (Lipinski definition) is 1. The first-order valence-corrected chi connectivity index (χ1v) is 7.27. The lowest BCUT2D eigenvalue weighted by Gasteiger charge is -2.20. The van der Waals surface area contributed by atoms with Crippen LogP contribution in [0.3, 0.4) is 0 Å². The fourth-order valence-electron chi connectivity index (χ4n) is 2.33. The summed E-state index contributed by atoms with van der Waals surface area (Å²) in [6.45, 7) is 3.53. The van der Waals surface area contributed by atoms with E-state index in [0.29, 0.717) is 0 Å². The number of rotatable bonds is 5. The van der Waals surface area contributed by atoms with E-state index < -0.39 is 69.3 Å². The van der Waals surface area contributed by atoms with Crippen molar-refractivity contribution >= 4 is 5.57 Å². The van der Waals surface area contributed by atoms with Gasteiger partial charge < -0.3 is 4.74 Å². The highest BCUT2D eigenvalue weighted by atomic mass is 19.3. The summed E-state index contributed by atoms with van der Waals surface area (Å²) in [6, 6.07) is 0.475. The van der Waals surface area contributed by atoms with E-state index in [-0.39, 0.29) is 24.3 Å². The average molecular weight is 412 g/mol. The van der Waals surface area contributed by atoms with Crippen LogP contribution in [0.2, 0.25) is 0 Å². The van der Waals surface area contributed by atoms with Crippen molar-refractivity contribution in [3.63, 3.8) is 0 Å². The molecule has 2 aromatic carbocycles. The minimum Gasteiger partial charge on any atom is -0.429 e. The van der Waals surface area contributed by atoms with Crippen LogP contribution in [0.1, 0.15) is 18.1 Å². The van der Waals surface area contributed by atoms with Crippen LogP contribution in [0.25, 0.3) is 5.57 Å². The Morgan fingerprint density at radius 1 is 0.857 bits per heavy atom. The van der Waals surface area contributed by atoms with E-state index in [2.05, 4.69) is 11.3 Å². The molecule has 2 aromatic rings. The molecule has 1 nitrogen and oxygen atoms in total. The number of benzene rings is 2. The van der Waals surface area contributed by atoms with Gasteiger partial charge in [0.1, 0.15) is 34.6 Å². The molecule has 0 fully saturated rings. The molecule has 0 saturated heterocycles. The maximum absolute atomic E-state index is 14.2. The van der Waals surface area contributed by atoms with Crippen LogP contribution in [0.15, 0.2) is 42.5 Å². The number of ether oxygens (including phenoxy) is 1. The molecule has 0 aliphatic rings. The van der Waals surface area contributed by atoms with Gasteiger partial charge in [-0.25, -0.2) is 30.7 Å². The van der Waals surface area contributed by atoms with Gasteiger partial charge in [0.25, 0.3) is 0 Å². The molecule has 0 N–H and O–H groups in total. The Labute approximate surface area is 152 Å². The van der Waals surface area contributed by atoms with Gasteiger partial charge in [-0.15, -0.1) is 0 Å². The smallest absolute Gasteiger partial charge is 0.429 e. The van der Waals surface area contributed by atoms with Crippen molar-refractivity contribution in [1.29, 1.82) is 0 Å². The molecule has 0 aromatic heterocycles. The lowest BCUT2D eigenvalue weighted by Crippen LogP contribution is -2.25. The van der Waals surface area contributed by atoms with Crippen LogP contribution in [-0.2, 0) is 6.11 Å². The van der Waals surface area contributed by atoms with Crippen LogP contribution < -0.4 is 4.74 Å². The van der Waals surface area contributed by atoms with Crippen LogP contribution >= 0.6 is 0 Å². The van der Waals surface area contributed by atoms with E-state index in [1.165, 1.54) is 0 Å². The first-order chi connectivity index (χ1) is 12.8. The Balaban J connectivity index is 2.52. The minimum atomic E-state index is -4.81. The molecule has 150 valence electrons. The van der Waals surface area contributed by atoms with Gasteiger partial charge in [0.2, 0.25) is 0 Å². The van der Waals surface area contributed by atoms with Crippen LogP contribution in [0.4, 0.5) is 39.5 Å². The minimum absolute atomic E-state index is 0.0386. The Hall–Kier alpha value is -2.91. The molecular weight excluding hydrogens is 403 g/mol. The lowest BCUT2D eigenvalue weighted by atomic mass is 10.0. The van der Waals surface area contributed by atoms with Crippen molar-refractivity contribution in [3.8, 4) is 5.75 Å². The SMILES string of the molecule is C=C(F)C(=C(C)F)c1cc(F)c(C(F)(F)Oc2cc(F)c(F)c(F)c2)c(F)c1. The maximum Gasteiger partial charge on any atom is 0.432 e. The van der Waals surface area contributed by atoms with E-state index in [4.69, 9.17) is 0 Å². The van der Waals surface area contributed by atoms with Crippen molar-refractivity contribution < 1.29 is 44.3 Å². The quantitative estimate of drug-likeness (QED) is 0.302. The fraction of sp³-hybridized carbons (Fsp3) is 0.111. The van der Waals surface area contributed by atoms with Gasteiger partial charge in [-0.2, -0.15) is 8.78 Å². The highest BCUT2D eigenvalue weighted by Crippen LogP contribution is 2.38. The zero-order valence-corrected chi connectivity index (χ0v) is 13.8. The second kappa shape index (κ2) is 7.61. The summed E-state index contributed by atoms with van der Waals surface area (Å²) in [5.74, 6) is -13.6. The Morgan fingerprint density at radius 3 is 1.71 bits per heavy atom. The van der Waals surface area contributed by atoms with Gasteiger partial charge in [-0.3, -0.25) is 0 Å². The molecule has 0 heterocycles. The average Bonchev–Trinajstić information content (AvgIpc) is 2.50. The highest BCUT2D eigenvalue weighted by Gasteiger charge is 2.41. The van der Waals surface area contributed by atoms with Gasteiger partial charge in [0, 0.05) is 17.7 Å². The van der Waals surface area contributed by atoms with Gasteiger partial charge in [-0.05, 0) is 24.6 Å². The van der Waals surface area contributed by atoms with Crippen molar-refractivity contribution in [3.05, 3.63) is 82.7 Å². The first-order valence-electron chi connectivity index (χ1n) is 7.27. The van der Waals surface area contributed by atoms with Gasteiger partial charge in [0.05, 0.1) is 0 Å². The summed E-state index contributed by atoms with van der Waals surface area (Å²) >= 11 is 0. The standard InChI is InChI=1S/C18H9F9O/c1-7(19)15(8(2)20)9-3-11(21)16(12(22)4-9)18(26,27)28-10-5-13(23)17(25)14(24)6-10/h3-6H,1H2,2H3. The van der Waals surface area contributed by atoms with E-state index in [1.807, 2.05) is 0 Å². The molecule has 0 amide bonds. The van der Waals surface area contributed by atoms with E-state index in [1.54, 1.807) is 0 Å². The Bertz CT molecular complexity index is 929. The first kappa shape index (κ1) is 21.4. The van der Waals surface area contributed by atoms with Gasteiger partial charge in [0.15, 0.2) is 17.5 Å². The lowest BCUT2D eigenvalue weighted by molar-refractivity contribution is -0.189.